The van der Waals surface area contributed by atoms with E-state index in [2.05, 4.69) is 0 Å². The fourth-order valence-corrected chi connectivity index (χ4v) is 1.25. The molecule has 0 saturated heterocycles. The molecule has 0 spiro atoms. The van der Waals surface area contributed by atoms with Crippen LogP contribution in [0, 0.1) is 0 Å². The summed E-state index contributed by atoms with van der Waals surface area (Å²) in [5.41, 5.74) is 4.91. The Balaban J connectivity index is 3.74. The molecule has 68 valence electrons. The number of rotatable bonds is 5. The standard InChI is InChI=1S/C4H10F2N2O2S/c5-4(6)3-8-11(9,10)2-1-7/h4,8H,1-3,7H2. The molecule has 7 heteroatoms. The van der Waals surface area contributed by atoms with Crippen LogP contribution in [0.5, 0.6) is 0 Å². The minimum Gasteiger partial charge on any atom is -0.329 e. The molecule has 0 aromatic rings. The first-order valence-corrected chi connectivity index (χ1v) is 4.58. The summed E-state index contributed by atoms with van der Waals surface area (Å²) in [7, 11) is -3.58. The molecule has 0 aliphatic heterocycles. The topological polar surface area (TPSA) is 72.2 Å². The van der Waals surface area contributed by atoms with Crippen molar-refractivity contribution in [3.63, 3.8) is 0 Å². The first-order chi connectivity index (χ1) is 4.98. The van der Waals surface area contributed by atoms with Gasteiger partial charge in [-0.05, 0) is 0 Å². The summed E-state index contributed by atoms with van der Waals surface area (Å²) in [5, 5.41) is 0. The predicted octanol–water partition coefficient (Wildman–Crippen LogP) is -0.870. The Labute approximate surface area is 63.8 Å². The van der Waals surface area contributed by atoms with Crippen LogP contribution < -0.4 is 10.5 Å². The molecule has 0 fully saturated rings. The van der Waals surface area contributed by atoms with Crippen molar-refractivity contribution in [2.45, 2.75) is 6.43 Å². The first-order valence-electron chi connectivity index (χ1n) is 2.93. The van der Waals surface area contributed by atoms with Gasteiger partial charge in [-0.15, -0.1) is 0 Å². The summed E-state index contributed by atoms with van der Waals surface area (Å²) in [4.78, 5) is 0. The van der Waals surface area contributed by atoms with E-state index in [0.29, 0.717) is 0 Å². The van der Waals surface area contributed by atoms with Crippen molar-refractivity contribution in [2.24, 2.45) is 5.73 Å². The predicted molar refractivity (Wildman–Crippen MR) is 36.8 cm³/mol. The highest BCUT2D eigenvalue weighted by Crippen LogP contribution is 1.90. The molecule has 4 nitrogen and oxygen atoms in total. The summed E-state index contributed by atoms with van der Waals surface area (Å²) in [6.45, 7) is -0.916. The molecule has 0 heterocycles. The SMILES string of the molecule is NCCS(=O)(=O)NCC(F)F. The van der Waals surface area contributed by atoms with Crippen molar-refractivity contribution in [1.82, 2.24) is 4.72 Å². The van der Waals surface area contributed by atoms with Gasteiger partial charge in [0, 0.05) is 6.54 Å². The fraction of sp³-hybridized carbons (Fsp3) is 1.00. The lowest BCUT2D eigenvalue weighted by molar-refractivity contribution is 0.153. The highest BCUT2D eigenvalue weighted by Gasteiger charge is 2.11. The third kappa shape index (κ3) is 6.14. The Morgan fingerprint density at radius 3 is 2.36 bits per heavy atom. The van der Waals surface area contributed by atoms with E-state index in [9.17, 15) is 17.2 Å². The molecular formula is C4H10F2N2O2S. The molecule has 0 unspecified atom stereocenters. The van der Waals surface area contributed by atoms with E-state index < -0.39 is 23.0 Å². The van der Waals surface area contributed by atoms with Crippen LogP contribution in [0.4, 0.5) is 8.78 Å². The zero-order valence-electron chi connectivity index (χ0n) is 5.76. The number of hydrogen-bond acceptors (Lipinski definition) is 3. The number of hydrogen-bond donors (Lipinski definition) is 2. The molecule has 0 aromatic carbocycles. The summed E-state index contributed by atoms with van der Waals surface area (Å²) in [6, 6.07) is 0. The van der Waals surface area contributed by atoms with Gasteiger partial charge in [-0.2, -0.15) is 0 Å². The zero-order chi connectivity index (χ0) is 8.91. The van der Waals surface area contributed by atoms with Crippen molar-refractivity contribution in [3.8, 4) is 0 Å². The van der Waals surface area contributed by atoms with Gasteiger partial charge in [0.1, 0.15) is 0 Å². The minimum atomic E-state index is -3.58. The molecule has 0 bridgehead atoms. The number of nitrogens with two attached hydrogens (primary N) is 1. The number of alkyl halides is 2. The van der Waals surface area contributed by atoms with Crippen LogP contribution in [0.2, 0.25) is 0 Å². The summed E-state index contributed by atoms with van der Waals surface area (Å²) in [5.74, 6) is -0.320. The van der Waals surface area contributed by atoms with Crippen LogP contribution in [-0.4, -0.2) is 33.7 Å². The van der Waals surface area contributed by atoms with Gasteiger partial charge in [0.25, 0.3) is 6.43 Å². The van der Waals surface area contributed by atoms with Crippen LogP contribution in [0.3, 0.4) is 0 Å². The van der Waals surface area contributed by atoms with Gasteiger partial charge in [-0.3, -0.25) is 0 Å². The number of halogens is 2. The zero-order valence-corrected chi connectivity index (χ0v) is 6.57. The van der Waals surface area contributed by atoms with Gasteiger partial charge in [0.05, 0.1) is 12.3 Å². The van der Waals surface area contributed by atoms with Crippen LogP contribution in [-0.2, 0) is 10.0 Å². The number of nitrogens with one attached hydrogen (secondary N) is 1. The van der Waals surface area contributed by atoms with Gasteiger partial charge < -0.3 is 5.73 Å². The van der Waals surface area contributed by atoms with Gasteiger partial charge in [0.15, 0.2) is 0 Å². The average Bonchev–Trinajstić information content (AvgIpc) is 1.84. The molecule has 0 amide bonds. The molecule has 0 aliphatic rings. The van der Waals surface area contributed by atoms with Crippen molar-refractivity contribution in [2.75, 3.05) is 18.8 Å². The van der Waals surface area contributed by atoms with Crippen molar-refractivity contribution >= 4 is 10.0 Å². The molecule has 0 atom stereocenters. The largest absolute Gasteiger partial charge is 0.329 e. The van der Waals surface area contributed by atoms with Crippen LogP contribution in [0.25, 0.3) is 0 Å². The highest BCUT2D eigenvalue weighted by molar-refractivity contribution is 7.89. The summed E-state index contributed by atoms with van der Waals surface area (Å²) >= 11 is 0. The first kappa shape index (κ1) is 10.7. The van der Waals surface area contributed by atoms with Gasteiger partial charge in [-0.1, -0.05) is 0 Å². The van der Waals surface area contributed by atoms with Crippen molar-refractivity contribution in [3.05, 3.63) is 0 Å². The van der Waals surface area contributed by atoms with Crippen LogP contribution >= 0.6 is 0 Å². The Bertz CT molecular complexity index is 192. The van der Waals surface area contributed by atoms with E-state index in [1.807, 2.05) is 0 Å². The van der Waals surface area contributed by atoms with E-state index in [-0.39, 0.29) is 12.3 Å². The Morgan fingerprint density at radius 1 is 1.45 bits per heavy atom. The molecule has 0 saturated carbocycles. The van der Waals surface area contributed by atoms with Crippen molar-refractivity contribution in [1.29, 1.82) is 0 Å². The lowest BCUT2D eigenvalue weighted by atomic mass is 10.7. The summed E-state index contributed by atoms with van der Waals surface area (Å²) in [6.07, 6.45) is -2.66. The maximum atomic E-state index is 11.4. The van der Waals surface area contributed by atoms with Crippen LogP contribution in [0.1, 0.15) is 0 Å². The van der Waals surface area contributed by atoms with E-state index >= 15 is 0 Å². The Morgan fingerprint density at radius 2 is 2.00 bits per heavy atom. The van der Waals surface area contributed by atoms with Crippen LogP contribution in [0.15, 0.2) is 0 Å². The number of sulfonamides is 1. The van der Waals surface area contributed by atoms with E-state index in [4.69, 9.17) is 5.73 Å². The lowest BCUT2D eigenvalue weighted by Gasteiger charge is -2.03. The molecule has 0 rings (SSSR count). The normalized spacial score (nSPS) is 12.4. The Hall–Kier alpha value is -0.270. The fourth-order valence-electron chi connectivity index (χ4n) is 0.417. The maximum absolute atomic E-state index is 11.4. The highest BCUT2D eigenvalue weighted by atomic mass is 32.2. The second kappa shape index (κ2) is 4.58. The molecule has 0 aliphatic carbocycles. The molecule has 0 aromatic heterocycles. The summed E-state index contributed by atoms with van der Waals surface area (Å²) < 4.78 is 45.8. The third-order valence-corrected chi connectivity index (χ3v) is 2.22. The van der Waals surface area contributed by atoms with Gasteiger partial charge in [0.2, 0.25) is 10.0 Å². The Kier molecular flexibility index (Phi) is 4.46. The van der Waals surface area contributed by atoms with E-state index in [0.717, 1.165) is 0 Å². The van der Waals surface area contributed by atoms with Gasteiger partial charge >= 0.3 is 0 Å². The van der Waals surface area contributed by atoms with E-state index in [1.165, 1.54) is 0 Å². The molecule has 3 N–H and O–H groups in total. The van der Waals surface area contributed by atoms with E-state index in [1.54, 1.807) is 4.72 Å². The molecule has 11 heavy (non-hydrogen) atoms. The third-order valence-electron chi connectivity index (χ3n) is 0.844. The lowest BCUT2D eigenvalue weighted by Crippen LogP contribution is -2.33. The maximum Gasteiger partial charge on any atom is 0.251 e. The van der Waals surface area contributed by atoms with Gasteiger partial charge in [-0.25, -0.2) is 21.9 Å². The monoisotopic (exact) mass is 188 g/mol. The quantitative estimate of drug-likeness (QED) is 0.589. The molecular weight excluding hydrogens is 178 g/mol. The second-order valence-electron chi connectivity index (χ2n) is 1.85. The smallest absolute Gasteiger partial charge is 0.251 e. The molecule has 0 radical (unpaired) electrons. The minimum absolute atomic E-state index is 0.0709. The van der Waals surface area contributed by atoms with Crippen molar-refractivity contribution < 1.29 is 17.2 Å². The average molecular weight is 188 g/mol. The second-order valence-corrected chi connectivity index (χ2v) is 3.77.